The van der Waals surface area contributed by atoms with Gasteiger partial charge in [0.05, 0.1) is 17.6 Å². The number of nitrogens with zero attached hydrogens (tertiary/aromatic N) is 2. The summed E-state index contributed by atoms with van der Waals surface area (Å²) in [6.45, 7) is 0.274. The van der Waals surface area contributed by atoms with Gasteiger partial charge in [-0.1, -0.05) is 0 Å². The number of piperidine rings is 1. The Morgan fingerprint density at radius 2 is 2.05 bits per heavy atom. The van der Waals surface area contributed by atoms with Gasteiger partial charge in [0, 0.05) is 18.8 Å². The van der Waals surface area contributed by atoms with Crippen molar-refractivity contribution < 1.29 is 18.3 Å². The first-order valence-corrected chi connectivity index (χ1v) is 7.87. The Labute approximate surface area is 123 Å². The number of carboxylic acids is 1. The van der Waals surface area contributed by atoms with Crippen molar-refractivity contribution in [3.8, 4) is 6.07 Å². The molecule has 8 heteroatoms. The molecular weight excluding hydrogens is 294 g/mol. The van der Waals surface area contributed by atoms with Crippen LogP contribution in [0.3, 0.4) is 0 Å². The van der Waals surface area contributed by atoms with E-state index in [9.17, 15) is 13.2 Å². The number of hydrogen-bond acceptors (Lipinski definition) is 4. The topological polar surface area (TPSA) is 111 Å². The quantitative estimate of drug-likeness (QED) is 0.862. The zero-order chi connectivity index (χ0) is 15.5. The van der Waals surface area contributed by atoms with Crippen LogP contribution in [0.2, 0.25) is 0 Å². The predicted octanol–water partition coefficient (Wildman–Crippen LogP) is 1.01. The maximum atomic E-state index is 12.2. The molecule has 0 amide bonds. The summed E-state index contributed by atoms with van der Waals surface area (Å²) in [5.74, 6) is -1.65. The third-order valence-electron chi connectivity index (χ3n) is 3.33. The Hall–Kier alpha value is -2.11. The minimum Gasteiger partial charge on any atom is -0.481 e. The van der Waals surface area contributed by atoms with Gasteiger partial charge in [-0.25, -0.2) is 0 Å². The molecule has 0 aromatic heterocycles. The fraction of sp³-hybridized carbons (Fsp3) is 0.385. The fourth-order valence-corrected chi connectivity index (χ4v) is 3.50. The van der Waals surface area contributed by atoms with E-state index in [-0.39, 0.29) is 6.54 Å². The maximum Gasteiger partial charge on any atom is 0.307 e. The highest BCUT2D eigenvalue weighted by Gasteiger charge is 2.32. The Morgan fingerprint density at radius 3 is 2.62 bits per heavy atom. The molecule has 0 spiro atoms. The molecule has 1 aromatic carbocycles. The molecule has 0 saturated carbocycles. The molecule has 0 aliphatic carbocycles. The van der Waals surface area contributed by atoms with E-state index in [1.807, 2.05) is 6.07 Å². The van der Waals surface area contributed by atoms with E-state index in [0.29, 0.717) is 30.6 Å². The van der Waals surface area contributed by atoms with E-state index >= 15 is 0 Å². The summed E-state index contributed by atoms with van der Waals surface area (Å²) in [5.41, 5.74) is 0.772. The Kier molecular flexibility index (Phi) is 4.45. The second kappa shape index (κ2) is 6.11. The number of nitrogens with one attached hydrogen (secondary N) is 1. The van der Waals surface area contributed by atoms with Crippen LogP contribution in [0.15, 0.2) is 24.3 Å². The third kappa shape index (κ3) is 3.71. The summed E-state index contributed by atoms with van der Waals surface area (Å²) in [7, 11) is -3.79. The monoisotopic (exact) mass is 309 g/mol. The highest BCUT2D eigenvalue weighted by atomic mass is 32.2. The SMILES string of the molecule is N#Cc1ccc(NS(=O)(=O)N2CCCC(C(=O)O)C2)cc1. The van der Waals surface area contributed by atoms with Gasteiger partial charge >= 0.3 is 16.2 Å². The Bertz CT molecular complexity index is 664. The minimum absolute atomic E-state index is 0.0268. The van der Waals surface area contributed by atoms with Crippen LogP contribution < -0.4 is 4.72 Å². The van der Waals surface area contributed by atoms with Gasteiger partial charge in [0.2, 0.25) is 0 Å². The zero-order valence-electron chi connectivity index (χ0n) is 11.2. The van der Waals surface area contributed by atoms with E-state index in [4.69, 9.17) is 10.4 Å². The van der Waals surface area contributed by atoms with Crippen LogP contribution >= 0.6 is 0 Å². The molecule has 1 unspecified atom stereocenters. The van der Waals surface area contributed by atoms with Crippen LogP contribution in [0.4, 0.5) is 5.69 Å². The number of hydrogen-bond donors (Lipinski definition) is 2. The molecule has 7 nitrogen and oxygen atoms in total. The van der Waals surface area contributed by atoms with Crippen molar-refractivity contribution in [2.45, 2.75) is 12.8 Å². The first kappa shape index (κ1) is 15.3. The van der Waals surface area contributed by atoms with Crippen molar-refractivity contribution in [3.05, 3.63) is 29.8 Å². The van der Waals surface area contributed by atoms with E-state index < -0.39 is 22.1 Å². The van der Waals surface area contributed by atoms with Gasteiger partial charge in [-0.05, 0) is 37.1 Å². The minimum atomic E-state index is -3.79. The number of aliphatic carboxylic acids is 1. The summed E-state index contributed by atoms with van der Waals surface area (Å²) in [5, 5.41) is 17.7. The molecule has 2 rings (SSSR count). The summed E-state index contributed by atoms with van der Waals surface area (Å²) >= 11 is 0. The van der Waals surface area contributed by atoms with Crippen LogP contribution in [0.1, 0.15) is 18.4 Å². The molecule has 1 saturated heterocycles. The Balaban J connectivity index is 2.10. The van der Waals surface area contributed by atoms with E-state index in [1.165, 1.54) is 24.3 Å². The molecule has 0 bridgehead atoms. The molecule has 1 aliphatic heterocycles. The second-order valence-corrected chi connectivity index (χ2v) is 6.50. The number of nitriles is 1. The Morgan fingerprint density at radius 1 is 1.38 bits per heavy atom. The van der Waals surface area contributed by atoms with E-state index in [0.717, 1.165) is 4.31 Å². The number of benzene rings is 1. The second-order valence-electron chi connectivity index (χ2n) is 4.83. The average Bonchev–Trinajstić information content (AvgIpc) is 2.48. The first-order valence-electron chi connectivity index (χ1n) is 6.43. The zero-order valence-corrected chi connectivity index (χ0v) is 12.0. The summed E-state index contributed by atoms with van der Waals surface area (Å²) < 4.78 is 28.0. The van der Waals surface area contributed by atoms with Gasteiger partial charge in [-0.2, -0.15) is 18.0 Å². The van der Waals surface area contributed by atoms with Gasteiger partial charge < -0.3 is 5.11 Å². The number of carbonyl (C=O) groups is 1. The maximum absolute atomic E-state index is 12.2. The molecule has 1 aliphatic rings. The number of carboxylic acid groups (broad SMARTS) is 1. The predicted molar refractivity (Wildman–Crippen MR) is 75.6 cm³/mol. The molecule has 0 radical (unpaired) electrons. The molecule has 1 fully saturated rings. The lowest BCUT2D eigenvalue weighted by Crippen LogP contribution is -2.44. The summed E-state index contributed by atoms with van der Waals surface area (Å²) in [6, 6.07) is 7.95. The number of rotatable bonds is 4. The van der Waals surface area contributed by atoms with Crippen LogP contribution in [0.5, 0.6) is 0 Å². The molecule has 2 N–H and O–H groups in total. The van der Waals surface area contributed by atoms with E-state index in [1.54, 1.807) is 0 Å². The highest BCUT2D eigenvalue weighted by Crippen LogP contribution is 2.21. The van der Waals surface area contributed by atoms with Crippen LogP contribution in [0, 0.1) is 17.2 Å². The van der Waals surface area contributed by atoms with Crippen LogP contribution in [-0.2, 0) is 15.0 Å². The average molecular weight is 309 g/mol. The van der Waals surface area contributed by atoms with Crippen molar-refractivity contribution in [1.82, 2.24) is 4.31 Å². The summed E-state index contributed by atoms with van der Waals surface area (Å²) in [4.78, 5) is 11.0. The fourth-order valence-electron chi connectivity index (χ4n) is 2.19. The lowest BCUT2D eigenvalue weighted by Gasteiger charge is -2.29. The molecule has 112 valence electrons. The molecule has 21 heavy (non-hydrogen) atoms. The van der Waals surface area contributed by atoms with E-state index in [2.05, 4.69) is 4.72 Å². The smallest absolute Gasteiger partial charge is 0.307 e. The van der Waals surface area contributed by atoms with Crippen molar-refractivity contribution >= 4 is 21.9 Å². The van der Waals surface area contributed by atoms with Crippen LogP contribution in [0.25, 0.3) is 0 Å². The first-order chi connectivity index (χ1) is 9.92. The van der Waals surface area contributed by atoms with Gasteiger partial charge in [0.1, 0.15) is 0 Å². The van der Waals surface area contributed by atoms with Gasteiger partial charge in [0.15, 0.2) is 0 Å². The molecular formula is C13H15N3O4S. The van der Waals surface area contributed by atoms with Gasteiger partial charge in [-0.3, -0.25) is 9.52 Å². The van der Waals surface area contributed by atoms with Gasteiger partial charge in [-0.15, -0.1) is 0 Å². The lowest BCUT2D eigenvalue weighted by molar-refractivity contribution is -0.142. The van der Waals surface area contributed by atoms with Gasteiger partial charge in [0.25, 0.3) is 0 Å². The standard InChI is InChI=1S/C13H15N3O4S/c14-8-10-3-5-12(6-4-10)15-21(19,20)16-7-1-2-11(9-16)13(17)18/h3-6,11,15H,1-2,7,9H2,(H,17,18). The normalized spacial score (nSPS) is 19.7. The molecule has 1 heterocycles. The van der Waals surface area contributed by atoms with Crippen molar-refractivity contribution in [3.63, 3.8) is 0 Å². The lowest BCUT2D eigenvalue weighted by atomic mass is 10.0. The largest absolute Gasteiger partial charge is 0.481 e. The third-order valence-corrected chi connectivity index (χ3v) is 4.84. The molecule has 1 atom stereocenters. The summed E-state index contributed by atoms with van der Waals surface area (Å²) in [6.07, 6.45) is 1.00. The van der Waals surface area contributed by atoms with Crippen LogP contribution in [-0.4, -0.2) is 36.9 Å². The highest BCUT2D eigenvalue weighted by molar-refractivity contribution is 7.90. The van der Waals surface area contributed by atoms with Crippen molar-refractivity contribution in [1.29, 1.82) is 5.26 Å². The molecule has 1 aromatic rings. The van der Waals surface area contributed by atoms with Crippen molar-refractivity contribution in [2.75, 3.05) is 17.8 Å². The number of anilines is 1. The van der Waals surface area contributed by atoms with Crippen molar-refractivity contribution in [2.24, 2.45) is 5.92 Å².